The van der Waals surface area contributed by atoms with Gasteiger partial charge in [-0.2, -0.15) is 0 Å². The molecule has 0 atom stereocenters. The van der Waals surface area contributed by atoms with Gasteiger partial charge >= 0.3 is 0 Å². The molecule has 0 unspecified atom stereocenters. The van der Waals surface area contributed by atoms with Gasteiger partial charge in [-0.05, 0) is 35.2 Å². The van der Waals surface area contributed by atoms with Crippen molar-refractivity contribution in [1.29, 1.82) is 0 Å². The minimum absolute atomic E-state index is 0.691. The normalized spacial score (nSPS) is 14.8. The van der Waals surface area contributed by atoms with Gasteiger partial charge in [0.2, 0.25) is 0 Å². The Morgan fingerprint density at radius 2 is 1.77 bits per heavy atom. The van der Waals surface area contributed by atoms with Gasteiger partial charge in [0, 0.05) is 52.9 Å². The molecule has 0 fully saturated rings. The highest BCUT2D eigenvalue weighted by Gasteiger charge is 2.14. The van der Waals surface area contributed by atoms with Crippen LogP contribution in [-0.4, -0.2) is 17.7 Å². The topological polar surface area (TPSA) is 17.0 Å². The fourth-order valence-corrected chi connectivity index (χ4v) is 3.86. The first-order valence-electron chi connectivity index (χ1n) is 7.51. The smallest absolute Gasteiger partial charge is 0.0499 e. The molecule has 0 saturated carbocycles. The van der Waals surface area contributed by atoms with Crippen LogP contribution in [0.3, 0.4) is 0 Å². The van der Waals surface area contributed by atoms with Crippen LogP contribution in [0.15, 0.2) is 42.5 Å². The minimum Gasteiger partial charge on any atom is -0.343 e. The predicted octanol–water partition coefficient (Wildman–Crippen LogP) is 4.76. The Bertz CT molecular complexity index is 831. The molecule has 0 spiro atoms. The fraction of sp³-hybridized carbons (Fsp3) is 0.222. The van der Waals surface area contributed by atoms with Gasteiger partial charge in [-0.25, -0.2) is 0 Å². The molecule has 0 radical (unpaired) electrons. The van der Waals surface area contributed by atoms with Crippen LogP contribution in [0.1, 0.15) is 5.69 Å². The summed E-state index contributed by atoms with van der Waals surface area (Å²) in [5.74, 6) is 0. The van der Waals surface area contributed by atoms with Gasteiger partial charge in [-0.3, -0.25) is 0 Å². The maximum Gasteiger partial charge on any atom is 0.0499 e. The van der Waals surface area contributed by atoms with Crippen molar-refractivity contribution in [3.63, 3.8) is 0 Å². The molecule has 0 aliphatic carbocycles. The number of hydrogen-bond acceptors (Lipinski definition) is 1. The lowest BCUT2D eigenvalue weighted by Gasteiger charge is -2.10. The van der Waals surface area contributed by atoms with Gasteiger partial charge in [-0.15, -0.1) is 0 Å². The molecule has 0 bridgehead atoms. The minimum atomic E-state index is 0.691. The molecular formula is C18H16Cl2N2. The number of halogens is 2. The number of nitrogens with one attached hydrogen (secondary N) is 1. The molecule has 3 aromatic rings. The summed E-state index contributed by atoms with van der Waals surface area (Å²) in [6, 6.07) is 14.4. The van der Waals surface area contributed by atoms with E-state index in [4.69, 9.17) is 23.2 Å². The average Bonchev–Trinajstić information content (AvgIpc) is 2.68. The molecule has 22 heavy (non-hydrogen) atoms. The average molecular weight is 331 g/mol. The summed E-state index contributed by atoms with van der Waals surface area (Å²) in [7, 11) is 0. The fourth-order valence-electron chi connectivity index (χ4n) is 3.24. The standard InChI is InChI=1S/C18H16Cl2N2/c19-15-2-1-3-16(20)18(15)13-5-4-12-10-14-6-7-21-8-9-22(14)17(12)11-13/h1-5,10-11,21H,6-9H2. The zero-order valence-electron chi connectivity index (χ0n) is 12.1. The predicted molar refractivity (Wildman–Crippen MR) is 94.0 cm³/mol. The third kappa shape index (κ3) is 2.32. The van der Waals surface area contributed by atoms with Crippen molar-refractivity contribution in [2.45, 2.75) is 13.0 Å². The second-order valence-corrected chi connectivity index (χ2v) is 6.47. The van der Waals surface area contributed by atoms with E-state index in [0.717, 1.165) is 37.2 Å². The van der Waals surface area contributed by atoms with Crippen LogP contribution >= 0.6 is 23.2 Å². The molecule has 1 N–H and O–H groups in total. The van der Waals surface area contributed by atoms with E-state index in [2.05, 4.69) is 34.1 Å². The van der Waals surface area contributed by atoms with E-state index < -0.39 is 0 Å². The van der Waals surface area contributed by atoms with E-state index in [1.165, 1.54) is 16.6 Å². The van der Waals surface area contributed by atoms with Crippen LogP contribution in [0.5, 0.6) is 0 Å². The zero-order chi connectivity index (χ0) is 15.1. The summed E-state index contributed by atoms with van der Waals surface area (Å²) >= 11 is 12.7. The number of benzene rings is 2. The van der Waals surface area contributed by atoms with Crippen LogP contribution in [0.25, 0.3) is 22.0 Å². The second-order valence-electron chi connectivity index (χ2n) is 5.66. The van der Waals surface area contributed by atoms with E-state index in [1.807, 2.05) is 18.2 Å². The summed E-state index contributed by atoms with van der Waals surface area (Å²) in [6.07, 6.45) is 1.07. The van der Waals surface area contributed by atoms with Crippen LogP contribution in [0.4, 0.5) is 0 Å². The number of fused-ring (bicyclic) bond motifs is 3. The summed E-state index contributed by atoms with van der Waals surface area (Å²) in [5, 5.41) is 6.11. The molecule has 4 rings (SSSR count). The largest absolute Gasteiger partial charge is 0.343 e. The number of rotatable bonds is 1. The van der Waals surface area contributed by atoms with Gasteiger partial charge in [0.25, 0.3) is 0 Å². The highest BCUT2D eigenvalue weighted by atomic mass is 35.5. The number of aromatic nitrogens is 1. The van der Waals surface area contributed by atoms with Gasteiger partial charge in [0.05, 0.1) is 0 Å². The first kappa shape index (κ1) is 14.1. The molecule has 2 nitrogen and oxygen atoms in total. The van der Waals surface area contributed by atoms with Crippen molar-refractivity contribution < 1.29 is 0 Å². The van der Waals surface area contributed by atoms with Gasteiger partial charge < -0.3 is 9.88 Å². The van der Waals surface area contributed by atoms with E-state index in [-0.39, 0.29) is 0 Å². The lowest BCUT2D eigenvalue weighted by Crippen LogP contribution is -2.17. The molecule has 1 aromatic heterocycles. The number of hydrogen-bond donors (Lipinski definition) is 1. The molecule has 2 heterocycles. The first-order chi connectivity index (χ1) is 10.7. The Morgan fingerprint density at radius 3 is 2.59 bits per heavy atom. The summed E-state index contributed by atoms with van der Waals surface area (Å²) in [5.41, 5.74) is 4.63. The van der Waals surface area contributed by atoms with Crippen LogP contribution < -0.4 is 5.32 Å². The van der Waals surface area contributed by atoms with Crippen molar-refractivity contribution in [1.82, 2.24) is 9.88 Å². The molecule has 0 saturated heterocycles. The van der Waals surface area contributed by atoms with Crippen LogP contribution in [0, 0.1) is 0 Å². The molecule has 0 amide bonds. The summed E-state index contributed by atoms with van der Waals surface area (Å²) in [4.78, 5) is 0. The van der Waals surface area contributed by atoms with Crippen molar-refractivity contribution in [2.75, 3.05) is 13.1 Å². The van der Waals surface area contributed by atoms with Crippen molar-refractivity contribution in [2.24, 2.45) is 0 Å². The van der Waals surface area contributed by atoms with Gasteiger partial charge in [0.1, 0.15) is 0 Å². The van der Waals surface area contributed by atoms with Crippen LogP contribution in [-0.2, 0) is 13.0 Å². The van der Waals surface area contributed by atoms with Crippen molar-refractivity contribution in [3.05, 3.63) is 58.2 Å². The molecule has 1 aliphatic heterocycles. The Hall–Kier alpha value is -1.48. The van der Waals surface area contributed by atoms with E-state index in [9.17, 15) is 0 Å². The molecule has 4 heteroatoms. The molecular weight excluding hydrogens is 315 g/mol. The highest BCUT2D eigenvalue weighted by molar-refractivity contribution is 6.39. The quantitative estimate of drug-likeness (QED) is 0.680. The lowest BCUT2D eigenvalue weighted by atomic mass is 10.0. The SMILES string of the molecule is Clc1cccc(Cl)c1-c1ccc2cc3n(c2c1)CCNCC3. The second kappa shape index (κ2) is 5.62. The van der Waals surface area contributed by atoms with E-state index in [0.29, 0.717) is 10.0 Å². The van der Waals surface area contributed by atoms with Crippen molar-refractivity contribution in [3.8, 4) is 11.1 Å². The lowest BCUT2D eigenvalue weighted by molar-refractivity contribution is 0.658. The third-order valence-electron chi connectivity index (χ3n) is 4.31. The monoisotopic (exact) mass is 330 g/mol. The third-order valence-corrected chi connectivity index (χ3v) is 4.94. The summed E-state index contributed by atoms with van der Waals surface area (Å²) in [6.45, 7) is 3.05. The van der Waals surface area contributed by atoms with Crippen LogP contribution in [0.2, 0.25) is 10.0 Å². The van der Waals surface area contributed by atoms with E-state index in [1.54, 1.807) is 0 Å². The maximum absolute atomic E-state index is 6.36. The Labute approximate surface area is 139 Å². The highest BCUT2D eigenvalue weighted by Crippen LogP contribution is 2.36. The molecule has 1 aliphatic rings. The number of nitrogens with zero attached hydrogens (tertiary/aromatic N) is 1. The van der Waals surface area contributed by atoms with E-state index >= 15 is 0 Å². The Morgan fingerprint density at radius 1 is 0.955 bits per heavy atom. The zero-order valence-corrected chi connectivity index (χ0v) is 13.6. The Kier molecular flexibility index (Phi) is 3.61. The molecule has 2 aromatic carbocycles. The van der Waals surface area contributed by atoms with Crippen molar-refractivity contribution >= 4 is 34.1 Å². The summed E-state index contributed by atoms with van der Waals surface area (Å²) < 4.78 is 2.41. The van der Waals surface area contributed by atoms with Gasteiger partial charge in [0.15, 0.2) is 0 Å². The molecule has 112 valence electrons. The first-order valence-corrected chi connectivity index (χ1v) is 8.27. The Balaban J connectivity index is 1.92. The maximum atomic E-state index is 6.36. The van der Waals surface area contributed by atoms with Gasteiger partial charge in [-0.1, -0.05) is 41.4 Å².